The monoisotopic (exact) mass is 328 g/mol. The molecular weight excluding hydrogens is 312 g/mol. The van der Waals surface area contributed by atoms with Gasteiger partial charge in [-0.25, -0.2) is 0 Å². The number of aromatic hydroxyl groups is 3. The van der Waals surface area contributed by atoms with Crippen molar-refractivity contribution in [1.29, 1.82) is 0 Å². The smallest absolute Gasteiger partial charge is 0.193 e. The van der Waals surface area contributed by atoms with Gasteiger partial charge in [0.1, 0.15) is 28.6 Å². The van der Waals surface area contributed by atoms with E-state index < -0.39 is 17.3 Å². The Bertz CT molecular complexity index is 836. The molecule has 0 heterocycles. The lowest BCUT2D eigenvalue weighted by molar-refractivity contribution is 0.104. The van der Waals surface area contributed by atoms with Crippen LogP contribution in [-0.4, -0.2) is 34.5 Å². The molecule has 0 saturated heterocycles. The quantitative estimate of drug-likeness (QED) is 0.443. The maximum Gasteiger partial charge on any atom is 0.193 e. The molecule has 24 heavy (non-hydrogen) atoms. The normalized spacial score (nSPS) is 10.8. The van der Waals surface area contributed by atoms with Gasteiger partial charge < -0.3 is 20.1 Å². The van der Waals surface area contributed by atoms with E-state index in [0.29, 0.717) is 11.8 Å². The van der Waals surface area contributed by atoms with Crippen molar-refractivity contribution in [3.8, 4) is 23.0 Å². The van der Waals surface area contributed by atoms with Crippen LogP contribution in [0.5, 0.6) is 23.0 Å². The number of phenols is 3. The predicted octanol–water partition coefficient (Wildman–Crippen LogP) is 2.83. The summed E-state index contributed by atoms with van der Waals surface area (Å²) in [6.07, 6.45) is 2.98. The molecule has 3 N–H and O–H groups in total. The van der Waals surface area contributed by atoms with Crippen LogP contribution >= 0.6 is 0 Å². The first-order valence-electron chi connectivity index (χ1n) is 6.99. The van der Waals surface area contributed by atoms with E-state index in [2.05, 4.69) is 0 Å². The van der Waals surface area contributed by atoms with Gasteiger partial charge in [0, 0.05) is 5.56 Å². The van der Waals surface area contributed by atoms with Gasteiger partial charge in [0.05, 0.1) is 12.7 Å². The third-order valence-corrected chi connectivity index (χ3v) is 3.54. The van der Waals surface area contributed by atoms with Crippen molar-refractivity contribution >= 4 is 18.1 Å². The second-order valence-corrected chi connectivity index (χ2v) is 5.05. The van der Waals surface area contributed by atoms with E-state index in [4.69, 9.17) is 4.74 Å². The van der Waals surface area contributed by atoms with E-state index >= 15 is 0 Å². The first-order valence-corrected chi connectivity index (χ1v) is 6.99. The highest BCUT2D eigenvalue weighted by atomic mass is 16.5. The van der Waals surface area contributed by atoms with E-state index in [0.717, 1.165) is 0 Å². The van der Waals surface area contributed by atoms with Crippen LogP contribution in [0.2, 0.25) is 0 Å². The van der Waals surface area contributed by atoms with Crippen LogP contribution in [-0.2, 0) is 0 Å². The zero-order valence-electron chi connectivity index (χ0n) is 13.1. The number of allylic oxidation sites excluding steroid dienone is 1. The van der Waals surface area contributed by atoms with Crippen LogP contribution in [0.3, 0.4) is 0 Å². The Balaban J connectivity index is 2.53. The standard InChI is InChI=1S/C18H16O6/c1-10-16(22)13(9-19)18(24-2)15(17(10)23)14(21)7-6-11-4-3-5-12(20)8-11/h3-9,20,22-23H,1-2H3. The minimum absolute atomic E-state index is 0.00649. The van der Waals surface area contributed by atoms with Gasteiger partial charge in [-0.2, -0.15) is 0 Å². The maximum absolute atomic E-state index is 12.4. The second-order valence-electron chi connectivity index (χ2n) is 5.05. The molecule has 0 radical (unpaired) electrons. The number of hydrogen-bond donors (Lipinski definition) is 3. The van der Waals surface area contributed by atoms with Crippen molar-refractivity contribution in [2.45, 2.75) is 6.92 Å². The molecule has 2 rings (SSSR count). The van der Waals surface area contributed by atoms with Gasteiger partial charge in [-0.1, -0.05) is 18.2 Å². The maximum atomic E-state index is 12.4. The fourth-order valence-corrected chi connectivity index (χ4v) is 2.29. The molecule has 0 aliphatic heterocycles. The number of carbonyl (C=O) groups excluding carboxylic acids is 2. The van der Waals surface area contributed by atoms with Crippen LogP contribution < -0.4 is 4.74 Å². The number of ether oxygens (including phenoxy) is 1. The molecule has 0 aliphatic carbocycles. The Morgan fingerprint density at radius 2 is 1.88 bits per heavy atom. The Labute approximate surface area is 138 Å². The van der Waals surface area contributed by atoms with Gasteiger partial charge in [-0.3, -0.25) is 9.59 Å². The fraction of sp³-hybridized carbons (Fsp3) is 0.111. The van der Waals surface area contributed by atoms with Crippen molar-refractivity contribution in [2.24, 2.45) is 0 Å². The van der Waals surface area contributed by atoms with Gasteiger partial charge in [-0.15, -0.1) is 0 Å². The molecule has 0 fully saturated rings. The molecule has 0 aromatic heterocycles. The van der Waals surface area contributed by atoms with Gasteiger partial charge in [-0.05, 0) is 30.7 Å². The third-order valence-electron chi connectivity index (χ3n) is 3.54. The zero-order chi connectivity index (χ0) is 17.9. The van der Waals surface area contributed by atoms with E-state index in [-0.39, 0.29) is 28.2 Å². The van der Waals surface area contributed by atoms with Crippen molar-refractivity contribution in [2.75, 3.05) is 7.11 Å². The largest absolute Gasteiger partial charge is 0.508 e. The first-order chi connectivity index (χ1) is 11.4. The summed E-state index contributed by atoms with van der Waals surface area (Å²) in [6.45, 7) is 1.38. The topological polar surface area (TPSA) is 104 Å². The van der Waals surface area contributed by atoms with Crippen molar-refractivity contribution in [1.82, 2.24) is 0 Å². The lowest BCUT2D eigenvalue weighted by atomic mass is 9.98. The van der Waals surface area contributed by atoms with Crippen molar-refractivity contribution in [3.05, 3.63) is 52.6 Å². The summed E-state index contributed by atoms with van der Waals surface area (Å²) in [7, 11) is 1.23. The zero-order valence-corrected chi connectivity index (χ0v) is 13.1. The van der Waals surface area contributed by atoms with Crippen LogP contribution in [0.4, 0.5) is 0 Å². The summed E-state index contributed by atoms with van der Waals surface area (Å²) in [4.78, 5) is 23.6. The number of carbonyl (C=O) groups is 2. The van der Waals surface area contributed by atoms with Gasteiger partial charge >= 0.3 is 0 Å². The van der Waals surface area contributed by atoms with E-state index in [9.17, 15) is 24.9 Å². The molecule has 0 atom stereocenters. The average molecular weight is 328 g/mol. The number of hydrogen-bond acceptors (Lipinski definition) is 6. The summed E-state index contributed by atoms with van der Waals surface area (Å²) in [5.41, 5.74) is 0.160. The second kappa shape index (κ2) is 6.87. The Kier molecular flexibility index (Phi) is 4.89. The van der Waals surface area contributed by atoms with E-state index in [1.54, 1.807) is 12.1 Å². The summed E-state index contributed by atoms with van der Waals surface area (Å²) in [5.74, 6) is -1.66. The third kappa shape index (κ3) is 3.08. The molecule has 2 aromatic carbocycles. The summed E-state index contributed by atoms with van der Waals surface area (Å²) in [5, 5.41) is 29.5. The fourth-order valence-electron chi connectivity index (χ4n) is 2.29. The number of ketones is 1. The Morgan fingerprint density at radius 1 is 1.17 bits per heavy atom. The summed E-state index contributed by atoms with van der Waals surface area (Å²) >= 11 is 0. The van der Waals surface area contributed by atoms with E-state index in [1.165, 1.54) is 38.3 Å². The SMILES string of the molecule is COc1c(C=O)c(O)c(C)c(O)c1C(=O)C=Cc1cccc(O)c1. The van der Waals surface area contributed by atoms with Gasteiger partial charge in [0.15, 0.2) is 12.1 Å². The molecule has 6 heteroatoms. The highest BCUT2D eigenvalue weighted by Crippen LogP contribution is 2.41. The highest BCUT2D eigenvalue weighted by molar-refractivity contribution is 6.12. The predicted molar refractivity (Wildman–Crippen MR) is 87.9 cm³/mol. The molecule has 0 aliphatic rings. The summed E-state index contributed by atoms with van der Waals surface area (Å²) < 4.78 is 5.03. The lowest BCUT2D eigenvalue weighted by Crippen LogP contribution is -2.05. The lowest BCUT2D eigenvalue weighted by Gasteiger charge is -2.14. The number of phenolic OH excluding ortho intramolecular Hbond substituents is 3. The highest BCUT2D eigenvalue weighted by Gasteiger charge is 2.25. The Morgan fingerprint density at radius 3 is 2.46 bits per heavy atom. The molecule has 2 aromatic rings. The first kappa shape index (κ1) is 17.1. The van der Waals surface area contributed by atoms with Gasteiger partial charge in [0.2, 0.25) is 0 Å². The molecular formula is C18H16O6. The number of rotatable bonds is 5. The van der Waals surface area contributed by atoms with E-state index in [1.807, 2.05) is 0 Å². The van der Waals surface area contributed by atoms with Crippen LogP contribution in [0.15, 0.2) is 30.3 Å². The molecule has 6 nitrogen and oxygen atoms in total. The number of methoxy groups -OCH3 is 1. The van der Waals surface area contributed by atoms with Crippen LogP contribution in [0, 0.1) is 6.92 Å². The van der Waals surface area contributed by atoms with Crippen molar-refractivity contribution < 1.29 is 29.6 Å². The number of benzene rings is 2. The molecule has 0 spiro atoms. The Hall–Kier alpha value is -3.28. The van der Waals surface area contributed by atoms with Crippen LogP contribution in [0.25, 0.3) is 6.08 Å². The van der Waals surface area contributed by atoms with Gasteiger partial charge in [0.25, 0.3) is 0 Å². The minimum Gasteiger partial charge on any atom is -0.508 e. The minimum atomic E-state index is -0.612. The summed E-state index contributed by atoms with van der Waals surface area (Å²) in [6, 6.07) is 6.25. The number of aldehydes is 1. The molecule has 124 valence electrons. The molecule has 0 amide bonds. The molecule has 0 bridgehead atoms. The van der Waals surface area contributed by atoms with Crippen molar-refractivity contribution in [3.63, 3.8) is 0 Å². The molecule has 0 unspecified atom stereocenters. The van der Waals surface area contributed by atoms with Crippen LogP contribution in [0.1, 0.15) is 31.8 Å². The average Bonchev–Trinajstić information content (AvgIpc) is 2.57. The molecule has 0 saturated carbocycles.